The SMILES string of the molecule is O=CC1=CC2=CC(C=C1)OC=C2C/C=C/C(=O)O. The van der Waals surface area contributed by atoms with Crippen molar-refractivity contribution in [3.63, 3.8) is 0 Å². The standard InChI is InChI=1S/C14H12O4/c15-8-10-4-5-13-7-12(6-10)11(9-18-13)2-1-3-14(16)17/h1,3-9,13H,2H2,(H,16,17)/b3-1+. The van der Waals surface area contributed by atoms with E-state index in [0.29, 0.717) is 12.0 Å². The fourth-order valence-electron chi connectivity index (χ4n) is 1.75. The number of rotatable bonds is 4. The van der Waals surface area contributed by atoms with E-state index in [-0.39, 0.29) is 6.10 Å². The summed E-state index contributed by atoms with van der Waals surface area (Å²) in [5.74, 6) is -0.981. The monoisotopic (exact) mass is 244 g/mol. The minimum Gasteiger partial charge on any atom is -0.490 e. The van der Waals surface area contributed by atoms with Gasteiger partial charge in [0.15, 0.2) is 0 Å². The van der Waals surface area contributed by atoms with E-state index in [1.165, 1.54) is 0 Å². The summed E-state index contributed by atoms with van der Waals surface area (Å²) in [5.41, 5.74) is 2.32. The summed E-state index contributed by atoms with van der Waals surface area (Å²) in [4.78, 5) is 21.2. The largest absolute Gasteiger partial charge is 0.490 e. The van der Waals surface area contributed by atoms with Gasteiger partial charge in [-0.3, -0.25) is 4.79 Å². The molecule has 1 aliphatic heterocycles. The normalized spacial score (nSPS) is 21.6. The number of carbonyl (C=O) groups excluding carboxylic acids is 1. The molecule has 92 valence electrons. The topological polar surface area (TPSA) is 63.6 Å². The molecule has 0 radical (unpaired) electrons. The van der Waals surface area contributed by atoms with Crippen molar-refractivity contribution in [3.05, 3.63) is 59.4 Å². The van der Waals surface area contributed by atoms with Crippen LogP contribution in [0.25, 0.3) is 0 Å². The Balaban J connectivity index is 2.17. The van der Waals surface area contributed by atoms with Gasteiger partial charge in [0.1, 0.15) is 12.4 Å². The number of allylic oxidation sites excluding steroid dienone is 6. The summed E-state index contributed by atoms with van der Waals surface area (Å²) in [5, 5.41) is 8.52. The molecular weight excluding hydrogens is 232 g/mol. The Labute approximate surface area is 104 Å². The first-order valence-corrected chi connectivity index (χ1v) is 5.50. The Morgan fingerprint density at radius 3 is 3.06 bits per heavy atom. The van der Waals surface area contributed by atoms with Crippen LogP contribution in [0.5, 0.6) is 0 Å². The smallest absolute Gasteiger partial charge is 0.327 e. The maximum atomic E-state index is 10.8. The number of ether oxygens (including phenoxy) is 1. The molecule has 1 atom stereocenters. The molecule has 2 aliphatic rings. The molecule has 1 heterocycles. The van der Waals surface area contributed by atoms with Crippen LogP contribution in [0.4, 0.5) is 0 Å². The van der Waals surface area contributed by atoms with E-state index in [1.807, 2.05) is 6.08 Å². The maximum Gasteiger partial charge on any atom is 0.327 e. The van der Waals surface area contributed by atoms with Crippen LogP contribution in [0.2, 0.25) is 0 Å². The summed E-state index contributed by atoms with van der Waals surface area (Å²) in [6.45, 7) is 0. The molecule has 0 fully saturated rings. The molecule has 2 bridgehead atoms. The van der Waals surface area contributed by atoms with Gasteiger partial charge in [-0.2, -0.15) is 0 Å². The Morgan fingerprint density at radius 1 is 1.50 bits per heavy atom. The summed E-state index contributed by atoms with van der Waals surface area (Å²) < 4.78 is 5.44. The summed E-state index contributed by atoms with van der Waals surface area (Å²) in [7, 11) is 0. The number of carboxylic acids is 1. The second-order valence-electron chi connectivity index (χ2n) is 3.93. The number of hydrogen-bond acceptors (Lipinski definition) is 3. The minimum atomic E-state index is -0.981. The zero-order valence-electron chi connectivity index (χ0n) is 9.58. The van der Waals surface area contributed by atoms with Crippen molar-refractivity contribution >= 4 is 12.3 Å². The Bertz CT molecular complexity index is 518. The maximum absolute atomic E-state index is 10.8. The highest BCUT2D eigenvalue weighted by Crippen LogP contribution is 2.26. The van der Waals surface area contributed by atoms with Crippen LogP contribution in [-0.2, 0) is 14.3 Å². The summed E-state index contributed by atoms with van der Waals surface area (Å²) in [6.07, 6.45) is 12.5. The molecule has 1 N–H and O–H groups in total. The first-order valence-electron chi connectivity index (χ1n) is 5.50. The van der Waals surface area contributed by atoms with Gasteiger partial charge < -0.3 is 9.84 Å². The zero-order valence-corrected chi connectivity index (χ0v) is 9.58. The molecule has 1 aliphatic carbocycles. The van der Waals surface area contributed by atoms with Crippen molar-refractivity contribution < 1.29 is 19.4 Å². The number of aliphatic carboxylic acids is 1. The summed E-state index contributed by atoms with van der Waals surface area (Å²) >= 11 is 0. The van der Waals surface area contributed by atoms with Crippen molar-refractivity contribution in [2.75, 3.05) is 0 Å². The highest BCUT2D eigenvalue weighted by Gasteiger charge is 2.15. The lowest BCUT2D eigenvalue weighted by atomic mass is 10.00. The molecule has 0 saturated heterocycles. The van der Waals surface area contributed by atoms with Crippen molar-refractivity contribution in [1.82, 2.24) is 0 Å². The average molecular weight is 244 g/mol. The molecule has 0 spiro atoms. The van der Waals surface area contributed by atoms with Gasteiger partial charge in [0.05, 0.1) is 6.26 Å². The van der Waals surface area contributed by atoms with Crippen molar-refractivity contribution in [1.29, 1.82) is 0 Å². The van der Waals surface area contributed by atoms with E-state index in [2.05, 4.69) is 0 Å². The molecule has 0 saturated carbocycles. The third-order valence-electron chi connectivity index (χ3n) is 2.62. The minimum absolute atomic E-state index is 0.166. The second kappa shape index (κ2) is 5.31. The van der Waals surface area contributed by atoms with Crippen LogP contribution in [0.15, 0.2) is 59.4 Å². The molecular formula is C14H12O4. The molecule has 0 amide bonds. The number of carbonyl (C=O) groups is 2. The van der Waals surface area contributed by atoms with E-state index in [0.717, 1.165) is 23.5 Å². The van der Waals surface area contributed by atoms with Crippen LogP contribution < -0.4 is 0 Å². The van der Waals surface area contributed by atoms with Gasteiger partial charge in [0.2, 0.25) is 0 Å². The van der Waals surface area contributed by atoms with Gasteiger partial charge in [0, 0.05) is 11.6 Å². The fraction of sp³-hybridized carbons (Fsp3) is 0.143. The average Bonchev–Trinajstić information content (AvgIpc) is 2.51. The molecule has 18 heavy (non-hydrogen) atoms. The number of carboxylic acid groups (broad SMARTS) is 1. The Morgan fingerprint density at radius 2 is 2.33 bits per heavy atom. The lowest BCUT2D eigenvalue weighted by molar-refractivity contribution is -0.131. The third-order valence-corrected chi connectivity index (χ3v) is 2.62. The predicted molar refractivity (Wildman–Crippen MR) is 65.7 cm³/mol. The number of aldehydes is 1. The molecule has 0 aromatic heterocycles. The molecule has 0 aromatic carbocycles. The summed E-state index contributed by atoms with van der Waals surface area (Å²) in [6, 6.07) is 0. The van der Waals surface area contributed by atoms with Gasteiger partial charge in [-0.1, -0.05) is 12.2 Å². The lowest BCUT2D eigenvalue weighted by Crippen LogP contribution is -2.08. The first kappa shape index (κ1) is 12.1. The van der Waals surface area contributed by atoms with E-state index >= 15 is 0 Å². The van der Waals surface area contributed by atoms with E-state index in [4.69, 9.17) is 9.84 Å². The van der Waals surface area contributed by atoms with Gasteiger partial charge >= 0.3 is 5.97 Å². The van der Waals surface area contributed by atoms with Crippen molar-refractivity contribution in [2.24, 2.45) is 0 Å². The van der Waals surface area contributed by atoms with Gasteiger partial charge in [-0.05, 0) is 35.8 Å². The molecule has 0 aromatic rings. The van der Waals surface area contributed by atoms with Gasteiger partial charge in [-0.15, -0.1) is 0 Å². The highest BCUT2D eigenvalue weighted by molar-refractivity contribution is 5.80. The second-order valence-corrected chi connectivity index (χ2v) is 3.93. The first-order chi connectivity index (χ1) is 8.69. The zero-order chi connectivity index (χ0) is 13.0. The predicted octanol–water partition coefficient (Wildman–Crippen LogP) is 1.92. The molecule has 4 nitrogen and oxygen atoms in total. The van der Waals surface area contributed by atoms with Crippen LogP contribution >= 0.6 is 0 Å². The van der Waals surface area contributed by atoms with Crippen LogP contribution in [0.1, 0.15) is 6.42 Å². The van der Waals surface area contributed by atoms with Crippen LogP contribution in [0, 0.1) is 0 Å². The fourth-order valence-corrected chi connectivity index (χ4v) is 1.75. The Hall–Kier alpha value is -2.36. The van der Waals surface area contributed by atoms with Gasteiger partial charge in [0.25, 0.3) is 0 Å². The van der Waals surface area contributed by atoms with Crippen LogP contribution in [-0.4, -0.2) is 23.5 Å². The quantitative estimate of drug-likeness (QED) is 0.606. The molecule has 1 unspecified atom stereocenters. The lowest BCUT2D eigenvalue weighted by Gasteiger charge is -2.17. The highest BCUT2D eigenvalue weighted by atomic mass is 16.5. The van der Waals surface area contributed by atoms with Crippen LogP contribution in [0.3, 0.4) is 0 Å². The van der Waals surface area contributed by atoms with E-state index in [1.54, 1.807) is 30.6 Å². The van der Waals surface area contributed by atoms with E-state index < -0.39 is 5.97 Å². The Kier molecular flexibility index (Phi) is 3.57. The molecule has 2 rings (SSSR count). The van der Waals surface area contributed by atoms with Gasteiger partial charge in [-0.25, -0.2) is 4.79 Å². The van der Waals surface area contributed by atoms with Crippen molar-refractivity contribution in [2.45, 2.75) is 12.5 Å². The van der Waals surface area contributed by atoms with Crippen molar-refractivity contribution in [3.8, 4) is 0 Å². The number of hydrogen-bond donors (Lipinski definition) is 1. The molecule has 4 heteroatoms. The number of fused-ring (bicyclic) bond motifs is 1. The van der Waals surface area contributed by atoms with E-state index in [9.17, 15) is 9.59 Å². The third kappa shape index (κ3) is 2.85.